The van der Waals surface area contributed by atoms with Gasteiger partial charge in [-0.3, -0.25) is 4.90 Å². The molecule has 0 radical (unpaired) electrons. The van der Waals surface area contributed by atoms with Gasteiger partial charge in [-0.05, 0) is 32.5 Å². The SMILES string of the molecule is CCNCc1sc(CN2CCCCCC2)nc1C(C)(C)C. The lowest BCUT2D eigenvalue weighted by atomic mass is 9.91. The van der Waals surface area contributed by atoms with Crippen LogP contribution in [0.4, 0.5) is 0 Å². The molecule has 0 aromatic carbocycles. The monoisotopic (exact) mass is 309 g/mol. The quantitative estimate of drug-likeness (QED) is 0.893. The first-order valence-electron chi connectivity index (χ1n) is 8.43. The highest BCUT2D eigenvalue weighted by atomic mass is 32.1. The Hall–Kier alpha value is -0.450. The third-order valence-corrected chi connectivity index (χ3v) is 5.09. The maximum Gasteiger partial charge on any atom is 0.107 e. The van der Waals surface area contributed by atoms with Crippen LogP contribution >= 0.6 is 11.3 Å². The van der Waals surface area contributed by atoms with E-state index in [-0.39, 0.29) is 5.41 Å². The lowest BCUT2D eigenvalue weighted by Crippen LogP contribution is -2.24. The molecule has 2 heterocycles. The molecule has 4 heteroatoms. The van der Waals surface area contributed by atoms with Crippen molar-refractivity contribution in [3.63, 3.8) is 0 Å². The van der Waals surface area contributed by atoms with Crippen molar-refractivity contribution in [3.8, 4) is 0 Å². The van der Waals surface area contributed by atoms with Crippen LogP contribution in [0.5, 0.6) is 0 Å². The molecule has 1 fully saturated rings. The van der Waals surface area contributed by atoms with Gasteiger partial charge < -0.3 is 5.32 Å². The molecule has 1 saturated heterocycles. The summed E-state index contributed by atoms with van der Waals surface area (Å²) in [6.45, 7) is 14.5. The van der Waals surface area contributed by atoms with Gasteiger partial charge in [0, 0.05) is 16.8 Å². The third-order valence-electron chi connectivity index (χ3n) is 4.05. The highest BCUT2D eigenvalue weighted by Gasteiger charge is 2.23. The van der Waals surface area contributed by atoms with Gasteiger partial charge in [0.25, 0.3) is 0 Å². The smallest absolute Gasteiger partial charge is 0.107 e. The summed E-state index contributed by atoms with van der Waals surface area (Å²) in [5.74, 6) is 0. The van der Waals surface area contributed by atoms with Crippen LogP contribution in [-0.2, 0) is 18.5 Å². The molecular weight excluding hydrogens is 278 g/mol. The minimum atomic E-state index is 0.137. The van der Waals surface area contributed by atoms with Crippen molar-refractivity contribution in [1.29, 1.82) is 0 Å². The number of hydrogen-bond donors (Lipinski definition) is 1. The van der Waals surface area contributed by atoms with Crippen LogP contribution in [0.1, 0.15) is 69.0 Å². The van der Waals surface area contributed by atoms with E-state index in [1.165, 1.54) is 54.4 Å². The van der Waals surface area contributed by atoms with E-state index in [1.54, 1.807) is 0 Å². The molecule has 2 rings (SSSR count). The highest BCUT2D eigenvalue weighted by molar-refractivity contribution is 7.11. The van der Waals surface area contributed by atoms with Crippen LogP contribution in [0, 0.1) is 0 Å². The third kappa shape index (κ3) is 5.04. The predicted molar refractivity (Wildman–Crippen MR) is 91.9 cm³/mol. The van der Waals surface area contributed by atoms with Gasteiger partial charge >= 0.3 is 0 Å². The first kappa shape index (κ1) is 16.9. The Balaban J connectivity index is 2.10. The summed E-state index contributed by atoms with van der Waals surface area (Å²) < 4.78 is 0. The summed E-state index contributed by atoms with van der Waals surface area (Å²) in [6, 6.07) is 0. The number of aromatic nitrogens is 1. The maximum atomic E-state index is 5.00. The minimum absolute atomic E-state index is 0.137. The van der Waals surface area contributed by atoms with Crippen molar-refractivity contribution in [2.75, 3.05) is 19.6 Å². The first-order valence-corrected chi connectivity index (χ1v) is 9.24. The number of hydrogen-bond acceptors (Lipinski definition) is 4. The standard InChI is InChI=1S/C17H31N3S/c1-5-18-12-14-16(17(2,3)4)19-15(21-14)13-20-10-8-6-7-9-11-20/h18H,5-13H2,1-4H3. The van der Waals surface area contributed by atoms with Gasteiger partial charge in [-0.15, -0.1) is 11.3 Å². The van der Waals surface area contributed by atoms with E-state index in [1.807, 2.05) is 11.3 Å². The van der Waals surface area contributed by atoms with E-state index in [4.69, 9.17) is 4.98 Å². The lowest BCUT2D eigenvalue weighted by molar-refractivity contribution is 0.276. The summed E-state index contributed by atoms with van der Waals surface area (Å²) >= 11 is 1.91. The first-order chi connectivity index (χ1) is 10.0. The summed E-state index contributed by atoms with van der Waals surface area (Å²) in [5, 5.41) is 4.76. The Morgan fingerprint density at radius 1 is 1.14 bits per heavy atom. The van der Waals surface area contributed by atoms with Crippen LogP contribution in [-0.4, -0.2) is 29.5 Å². The van der Waals surface area contributed by atoms with Crippen LogP contribution in [0.3, 0.4) is 0 Å². The highest BCUT2D eigenvalue weighted by Crippen LogP contribution is 2.30. The second-order valence-corrected chi connectivity index (χ2v) is 8.27. The van der Waals surface area contributed by atoms with Crippen molar-refractivity contribution in [3.05, 3.63) is 15.6 Å². The maximum absolute atomic E-state index is 5.00. The second-order valence-electron chi connectivity index (χ2n) is 7.10. The Kier molecular flexibility index (Phi) is 6.20. The van der Waals surface area contributed by atoms with Gasteiger partial charge in [0.2, 0.25) is 0 Å². The predicted octanol–water partition coefficient (Wildman–Crippen LogP) is 3.93. The van der Waals surface area contributed by atoms with Gasteiger partial charge in [0.05, 0.1) is 12.2 Å². The fourth-order valence-corrected chi connectivity index (χ4v) is 4.19. The largest absolute Gasteiger partial charge is 0.312 e. The molecule has 0 unspecified atom stereocenters. The Morgan fingerprint density at radius 3 is 2.38 bits per heavy atom. The molecule has 21 heavy (non-hydrogen) atoms. The molecule has 1 aliphatic rings. The summed E-state index contributed by atoms with van der Waals surface area (Å²) in [5.41, 5.74) is 1.43. The number of nitrogens with zero attached hydrogens (tertiary/aromatic N) is 2. The van der Waals surface area contributed by atoms with Crippen molar-refractivity contribution < 1.29 is 0 Å². The number of thiazole rings is 1. The minimum Gasteiger partial charge on any atom is -0.312 e. The van der Waals surface area contributed by atoms with Crippen LogP contribution in [0.15, 0.2) is 0 Å². The fourth-order valence-electron chi connectivity index (χ4n) is 2.90. The normalized spacial score (nSPS) is 17.9. The molecule has 1 N–H and O–H groups in total. The Morgan fingerprint density at radius 2 is 1.81 bits per heavy atom. The number of nitrogens with one attached hydrogen (secondary N) is 1. The van der Waals surface area contributed by atoms with E-state index in [0.717, 1.165) is 19.6 Å². The van der Waals surface area contributed by atoms with Gasteiger partial charge in [-0.2, -0.15) is 0 Å². The van der Waals surface area contributed by atoms with Gasteiger partial charge in [-0.25, -0.2) is 4.98 Å². The van der Waals surface area contributed by atoms with Crippen molar-refractivity contribution in [2.45, 2.75) is 71.9 Å². The molecule has 0 saturated carbocycles. The summed E-state index contributed by atoms with van der Waals surface area (Å²) in [7, 11) is 0. The molecule has 1 aliphatic heterocycles. The van der Waals surface area contributed by atoms with E-state index in [0.29, 0.717) is 0 Å². The Bertz CT molecular complexity index is 426. The van der Waals surface area contributed by atoms with Gasteiger partial charge in [-0.1, -0.05) is 40.5 Å². The van der Waals surface area contributed by atoms with Crippen molar-refractivity contribution in [2.24, 2.45) is 0 Å². The van der Waals surface area contributed by atoms with Gasteiger partial charge in [0.1, 0.15) is 5.01 Å². The Labute approximate surface area is 134 Å². The molecule has 0 atom stereocenters. The molecule has 0 spiro atoms. The average Bonchev–Trinajstić information content (AvgIpc) is 2.64. The van der Waals surface area contributed by atoms with Crippen molar-refractivity contribution >= 4 is 11.3 Å². The molecule has 3 nitrogen and oxygen atoms in total. The summed E-state index contributed by atoms with van der Waals surface area (Å²) in [6.07, 6.45) is 5.49. The van der Waals surface area contributed by atoms with E-state index < -0.39 is 0 Å². The topological polar surface area (TPSA) is 28.2 Å². The molecular formula is C17H31N3S. The zero-order valence-electron chi connectivity index (χ0n) is 14.2. The van der Waals surface area contributed by atoms with Gasteiger partial charge in [0.15, 0.2) is 0 Å². The fraction of sp³-hybridized carbons (Fsp3) is 0.824. The van der Waals surface area contributed by atoms with Crippen LogP contribution in [0.2, 0.25) is 0 Å². The van der Waals surface area contributed by atoms with Crippen LogP contribution in [0.25, 0.3) is 0 Å². The zero-order valence-corrected chi connectivity index (χ0v) is 15.0. The van der Waals surface area contributed by atoms with E-state index >= 15 is 0 Å². The lowest BCUT2D eigenvalue weighted by Gasteiger charge is -2.19. The molecule has 120 valence electrons. The zero-order chi connectivity index (χ0) is 15.3. The summed E-state index contributed by atoms with van der Waals surface area (Å²) in [4.78, 5) is 9.01. The molecule has 0 bridgehead atoms. The molecule has 0 amide bonds. The number of likely N-dealkylation sites (tertiary alicyclic amines) is 1. The van der Waals surface area contributed by atoms with E-state index in [2.05, 4.69) is 37.9 Å². The second kappa shape index (κ2) is 7.70. The number of rotatable bonds is 5. The molecule has 0 aliphatic carbocycles. The molecule has 1 aromatic rings. The average molecular weight is 310 g/mol. The molecule has 1 aromatic heterocycles. The van der Waals surface area contributed by atoms with Crippen LogP contribution < -0.4 is 5.32 Å². The van der Waals surface area contributed by atoms with E-state index in [9.17, 15) is 0 Å². The van der Waals surface area contributed by atoms with Crippen molar-refractivity contribution in [1.82, 2.24) is 15.2 Å².